The minimum Gasteiger partial charge on any atom is -0.495 e. The van der Waals surface area contributed by atoms with E-state index in [1.54, 1.807) is 18.2 Å². The van der Waals surface area contributed by atoms with Crippen molar-refractivity contribution in [1.29, 1.82) is 0 Å². The van der Waals surface area contributed by atoms with Crippen LogP contribution in [0.1, 0.15) is 24.5 Å². The highest BCUT2D eigenvalue weighted by Crippen LogP contribution is 2.29. The monoisotopic (exact) mass is 370 g/mol. The second-order valence-corrected chi connectivity index (χ2v) is 5.86. The summed E-state index contributed by atoms with van der Waals surface area (Å²) in [6.07, 6.45) is 3.57. The maximum Gasteiger partial charge on any atom is 0.311 e. The fraction of sp³-hybridized carbons (Fsp3) is 0.250. The molecule has 0 bridgehead atoms. The van der Waals surface area contributed by atoms with Gasteiger partial charge >= 0.3 is 5.69 Å². The fourth-order valence-corrected chi connectivity index (χ4v) is 2.38. The summed E-state index contributed by atoms with van der Waals surface area (Å²) in [5.41, 5.74) is 1.93. The third-order valence-corrected chi connectivity index (χ3v) is 3.68. The average Bonchev–Trinajstić information content (AvgIpc) is 2.65. The number of anilines is 1. The number of carbonyl (C=O) groups excluding carboxylic acids is 1. The number of carbonyl (C=O) groups is 1. The molecule has 0 heterocycles. The first-order valence-corrected chi connectivity index (χ1v) is 8.49. The maximum atomic E-state index is 12.2. The molecule has 0 aliphatic carbocycles. The van der Waals surface area contributed by atoms with Crippen molar-refractivity contribution in [2.24, 2.45) is 0 Å². The number of nitrogens with one attached hydrogen (secondary N) is 1. The zero-order chi connectivity index (χ0) is 19.8. The second-order valence-electron chi connectivity index (χ2n) is 5.86. The quantitative estimate of drug-likeness (QED) is 0.424. The van der Waals surface area contributed by atoms with Gasteiger partial charge in [-0.2, -0.15) is 0 Å². The summed E-state index contributed by atoms with van der Waals surface area (Å²) in [5.74, 6) is 0.399. The number of amides is 1. The first-order chi connectivity index (χ1) is 12.9. The van der Waals surface area contributed by atoms with Crippen molar-refractivity contribution in [2.75, 3.05) is 19.0 Å². The minimum absolute atomic E-state index is 0.133. The highest BCUT2D eigenvalue weighted by molar-refractivity contribution is 6.02. The van der Waals surface area contributed by atoms with E-state index >= 15 is 0 Å². The third-order valence-electron chi connectivity index (χ3n) is 3.68. The molecule has 2 rings (SSSR count). The smallest absolute Gasteiger partial charge is 0.311 e. The summed E-state index contributed by atoms with van der Waals surface area (Å²) in [6.45, 7) is 4.23. The van der Waals surface area contributed by atoms with Gasteiger partial charge in [0, 0.05) is 12.1 Å². The predicted molar refractivity (Wildman–Crippen MR) is 104 cm³/mol. The number of methoxy groups -OCH3 is 1. The summed E-state index contributed by atoms with van der Waals surface area (Å²) in [6, 6.07) is 10.0. The summed E-state index contributed by atoms with van der Waals surface area (Å²) in [4.78, 5) is 22.9. The van der Waals surface area contributed by atoms with Crippen LogP contribution in [0.4, 0.5) is 11.4 Å². The van der Waals surface area contributed by atoms with Gasteiger partial charge in [0.05, 0.1) is 24.3 Å². The lowest BCUT2D eigenvalue weighted by Crippen LogP contribution is -2.09. The van der Waals surface area contributed by atoms with Gasteiger partial charge in [-0.15, -0.1) is 0 Å². The number of hydrogen-bond acceptors (Lipinski definition) is 5. The zero-order valence-corrected chi connectivity index (χ0v) is 15.5. The van der Waals surface area contributed by atoms with Crippen LogP contribution in [0.5, 0.6) is 11.5 Å². The summed E-state index contributed by atoms with van der Waals surface area (Å²) >= 11 is 0. The zero-order valence-electron chi connectivity index (χ0n) is 15.5. The molecule has 27 heavy (non-hydrogen) atoms. The minimum atomic E-state index is -0.500. The Morgan fingerprint density at radius 1 is 1.22 bits per heavy atom. The Hall–Kier alpha value is -3.35. The Balaban J connectivity index is 2.15. The van der Waals surface area contributed by atoms with Crippen LogP contribution in [0.2, 0.25) is 0 Å². The highest BCUT2D eigenvalue weighted by atomic mass is 16.6. The standard InChI is InChI=1S/C20H22N2O5/c1-4-11-27-19-9-6-15(13-17(19)22(24)25)7-10-20(23)21-16-12-14(2)5-8-18(16)26-3/h5-10,12-13H,4,11H2,1-3H3,(H,21,23)/b10-7+. The molecule has 0 unspecified atom stereocenters. The predicted octanol–water partition coefficient (Wildman–Crippen LogP) is 4.35. The van der Waals surface area contributed by atoms with Gasteiger partial charge in [0.15, 0.2) is 5.75 Å². The molecule has 0 saturated heterocycles. The number of nitro groups is 1. The molecule has 7 nitrogen and oxygen atoms in total. The van der Waals surface area contributed by atoms with E-state index < -0.39 is 4.92 Å². The summed E-state index contributed by atoms with van der Waals surface area (Å²) < 4.78 is 10.6. The van der Waals surface area contributed by atoms with E-state index in [1.165, 1.54) is 31.4 Å². The van der Waals surface area contributed by atoms with Crippen molar-refractivity contribution in [3.63, 3.8) is 0 Å². The molecule has 0 saturated carbocycles. The van der Waals surface area contributed by atoms with Crippen LogP contribution < -0.4 is 14.8 Å². The van der Waals surface area contributed by atoms with E-state index in [1.807, 2.05) is 19.9 Å². The number of nitrogens with zero attached hydrogens (tertiary/aromatic N) is 1. The molecule has 2 aromatic carbocycles. The van der Waals surface area contributed by atoms with Crippen molar-refractivity contribution < 1.29 is 19.2 Å². The Kier molecular flexibility index (Phi) is 6.93. The van der Waals surface area contributed by atoms with Crippen LogP contribution in [0.3, 0.4) is 0 Å². The molecule has 0 spiro atoms. The Bertz CT molecular complexity index is 861. The summed E-state index contributed by atoms with van der Waals surface area (Å²) in [5, 5.41) is 14.0. The van der Waals surface area contributed by atoms with Gasteiger partial charge in [0.25, 0.3) is 0 Å². The van der Waals surface area contributed by atoms with Gasteiger partial charge in [-0.25, -0.2) is 0 Å². The van der Waals surface area contributed by atoms with Crippen molar-refractivity contribution >= 4 is 23.4 Å². The molecule has 0 aromatic heterocycles. The van der Waals surface area contributed by atoms with E-state index in [-0.39, 0.29) is 17.3 Å². The van der Waals surface area contributed by atoms with E-state index in [4.69, 9.17) is 9.47 Å². The number of hydrogen-bond donors (Lipinski definition) is 1. The largest absolute Gasteiger partial charge is 0.495 e. The fourth-order valence-electron chi connectivity index (χ4n) is 2.38. The number of aryl methyl sites for hydroxylation is 1. The molecular weight excluding hydrogens is 348 g/mol. The van der Waals surface area contributed by atoms with Gasteiger partial charge in [0.1, 0.15) is 5.75 Å². The Morgan fingerprint density at radius 2 is 1.96 bits per heavy atom. The van der Waals surface area contributed by atoms with Crippen molar-refractivity contribution in [1.82, 2.24) is 0 Å². The number of rotatable bonds is 8. The number of nitro benzene ring substituents is 1. The van der Waals surface area contributed by atoms with Crippen LogP contribution in [0.15, 0.2) is 42.5 Å². The van der Waals surface area contributed by atoms with Crippen LogP contribution in [-0.4, -0.2) is 24.5 Å². The topological polar surface area (TPSA) is 90.7 Å². The number of ether oxygens (including phenoxy) is 2. The van der Waals surface area contributed by atoms with Crippen molar-refractivity contribution in [2.45, 2.75) is 20.3 Å². The van der Waals surface area contributed by atoms with Gasteiger partial charge in [0.2, 0.25) is 5.91 Å². The lowest BCUT2D eigenvalue weighted by Gasteiger charge is -2.09. The SMILES string of the molecule is CCCOc1ccc(/C=C/C(=O)Nc2cc(C)ccc2OC)cc1[N+](=O)[O-]. The molecule has 0 fully saturated rings. The normalized spacial score (nSPS) is 10.6. The molecule has 142 valence electrons. The molecule has 0 atom stereocenters. The molecule has 0 aliphatic rings. The third kappa shape index (κ3) is 5.57. The first-order valence-electron chi connectivity index (χ1n) is 8.49. The second kappa shape index (κ2) is 9.38. The first kappa shape index (κ1) is 20.0. The Labute approximate surface area is 157 Å². The Morgan fingerprint density at radius 3 is 2.63 bits per heavy atom. The van der Waals surface area contributed by atoms with Gasteiger partial charge < -0.3 is 14.8 Å². The van der Waals surface area contributed by atoms with Crippen LogP contribution in [0.25, 0.3) is 6.08 Å². The molecular formula is C20H22N2O5. The van der Waals surface area contributed by atoms with Crippen LogP contribution >= 0.6 is 0 Å². The van der Waals surface area contributed by atoms with Gasteiger partial charge in [-0.05, 0) is 48.7 Å². The highest BCUT2D eigenvalue weighted by Gasteiger charge is 2.15. The summed E-state index contributed by atoms with van der Waals surface area (Å²) in [7, 11) is 1.53. The number of benzene rings is 2. The van der Waals surface area contributed by atoms with Crippen molar-refractivity contribution in [3.8, 4) is 11.5 Å². The average molecular weight is 370 g/mol. The van der Waals surface area contributed by atoms with Crippen LogP contribution in [0, 0.1) is 17.0 Å². The molecule has 0 aliphatic heterocycles. The molecule has 0 radical (unpaired) electrons. The van der Waals surface area contributed by atoms with Gasteiger partial charge in [-0.1, -0.05) is 19.1 Å². The van der Waals surface area contributed by atoms with E-state index in [0.29, 0.717) is 23.6 Å². The molecule has 7 heteroatoms. The van der Waals surface area contributed by atoms with E-state index in [0.717, 1.165) is 12.0 Å². The lowest BCUT2D eigenvalue weighted by atomic mass is 10.1. The van der Waals surface area contributed by atoms with Gasteiger partial charge in [-0.3, -0.25) is 14.9 Å². The molecule has 1 N–H and O–H groups in total. The maximum absolute atomic E-state index is 12.2. The van der Waals surface area contributed by atoms with E-state index in [2.05, 4.69) is 5.32 Å². The lowest BCUT2D eigenvalue weighted by molar-refractivity contribution is -0.385. The van der Waals surface area contributed by atoms with Crippen LogP contribution in [-0.2, 0) is 4.79 Å². The van der Waals surface area contributed by atoms with E-state index in [9.17, 15) is 14.9 Å². The molecule has 1 amide bonds. The van der Waals surface area contributed by atoms with Crippen molar-refractivity contribution in [3.05, 3.63) is 63.7 Å². The molecule has 2 aromatic rings.